The number of para-hydroxylation sites is 3. The number of nitrogens with zero attached hydrogens (tertiary/aromatic N) is 3. The van der Waals surface area contributed by atoms with E-state index in [1.807, 2.05) is 0 Å². The molecular weight excluding hydrogens is 761 g/mol. The standard InChI is InChI=1S/C59H56BN3/c1-55(2,3)41-30-31-49-46(36-41)56(4)35-32-39-20-13-14-25-44(39)58(56,6)62(49)43-37-51-53-52(38-43)63-54-45(59(40-21-9-7-10-22-40)34-18-17-33-57(59,63)5)26-19-28-48(54)60(53)47-27-15-16-29-50(47)61(51)42-23-11-8-12-24-42/h7-16,19-31,36-38H,17-18,32-35H2,1-6H3. The molecule has 13 rings (SSSR count). The molecule has 0 bridgehead atoms. The van der Waals surface area contributed by atoms with Gasteiger partial charge in [0.05, 0.1) is 11.1 Å². The molecule has 7 aromatic carbocycles. The van der Waals surface area contributed by atoms with E-state index in [-0.39, 0.29) is 34.0 Å². The van der Waals surface area contributed by atoms with Crippen molar-refractivity contribution in [2.75, 3.05) is 14.7 Å². The summed E-state index contributed by atoms with van der Waals surface area (Å²) in [5.41, 5.74) is 21.5. The van der Waals surface area contributed by atoms with E-state index in [0.29, 0.717) is 0 Å². The lowest BCUT2D eigenvalue weighted by Crippen LogP contribution is -2.65. The summed E-state index contributed by atoms with van der Waals surface area (Å²) in [6.07, 6.45) is 6.90. The van der Waals surface area contributed by atoms with E-state index in [2.05, 4.69) is 214 Å². The van der Waals surface area contributed by atoms with Crippen LogP contribution in [-0.4, -0.2) is 12.3 Å². The molecule has 63 heavy (non-hydrogen) atoms. The number of aryl methyl sites for hydroxylation is 1. The van der Waals surface area contributed by atoms with E-state index >= 15 is 0 Å². The van der Waals surface area contributed by atoms with Crippen LogP contribution < -0.4 is 31.1 Å². The summed E-state index contributed by atoms with van der Waals surface area (Å²) in [5.74, 6) is 0. The summed E-state index contributed by atoms with van der Waals surface area (Å²) >= 11 is 0. The minimum atomic E-state index is -0.337. The summed E-state index contributed by atoms with van der Waals surface area (Å²) < 4.78 is 0. The highest BCUT2D eigenvalue weighted by Gasteiger charge is 2.65. The Morgan fingerprint density at radius 3 is 2.02 bits per heavy atom. The second-order valence-corrected chi connectivity index (χ2v) is 21.3. The first-order valence-electron chi connectivity index (χ1n) is 23.7. The lowest BCUT2D eigenvalue weighted by Gasteiger charge is -2.55. The Balaban J connectivity index is 1.17. The summed E-state index contributed by atoms with van der Waals surface area (Å²) in [4.78, 5) is 8.33. The fourth-order valence-corrected chi connectivity index (χ4v) is 14.4. The van der Waals surface area contributed by atoms with Gasteiger partial charge in [-0.15, -0.1) is 0 Å². The van der Waals surface area contributed by atoms with Gasteiger partial charge in [-0.25, -0.2) is 0 Å². The smallest absolute Gasteiger partial charge is 0.252 e. The van der Waals surface area contributed by atoms with Gasteiger partial charge in [0, 0.05) is 50.6 Å². The van der Waals surface area contributed by atoms with Gasteiger partial charge in [0.25, 0.3) is 6.71 Å². The van der Waals surface area contributed by atoms with Crippen LogP contribution in [0.25, 0.3) is 0 Å². The van der Waals surface area contributed by atoms with Gasteiger partial charge in [0.1, 0.15) is 0 Å². The normalized spacial score (nSPS) is 25.7. The fraction of sp³-hybridized carbons (Fsp3) is 0.288. The SMILES string of the molecule is CC(C)(C)c1ccc2c(c1)C1(C)CCc3ccccc3C1(C)N2c1cc2c3c(c1)N1c4c(cccc4C4(c5ccccc5)CCCCC14C)B3c1ccccc1N2c1ccccc1. The van der Waals surface area contributed by atoms with Crippen molar-refractivity contribution >= 4 is 62.9 Å². The van der Waals surface area contributed by atoms with Crippen LogP contribution in [-0.2, 0) is 28.2 Å². The van der Waals surface area contributed by atoms with Crippen molar-refractivity contribution < 1.29 is 0 Å². The minimum Gasteiger partial charge on any atom is -0.335 e. The Bertz CT molecular complexity index is 3040. The molecule has 0 aromatic heterocycles. The molecule has 3 nitrogen and oxygen atoms in total. The van der Waals surface area contributed by atoms with Gasteiger partial charge in [-0.2, -0.15) is 0 Å². The third kappa shape index (κ3) is 4.52. The molecule has 310 valence electrons. The Labute approximate surface area is 374 Å². The monoisotopic (exact) mass is 817 g/mol. The zero-order valence-corrected chi connectivity index (χ0v) is 37.7. The Morgan fingerprint density at radius 1 is 0.524 bits per heavy atom. The largest absolute Gasteiger partial charge is 0.335 e. The maximum absolute atomic E-state index is 2.91. The molecule has 6 aliphatic rings. The zero-order valence-electron chi connectivity index (χ0n) is 37.7. The van der Waals surface area contributed by atoms with Crippen LogP contribution in [0, 0.1) is 0 Å². The molecule has 4 heterocycles. The summed E-state index contributed by atoms with van der Waals surface area (Å²) in [6, 6.07) is 61.6. The van der Waals surface area contributed by atoms with E-state index in [0.717, 1.165) is 25.7 Å². The van der Waals surface area contributed by atoms with E-state index in [1.165, 1.54) is 102 Å². The molecule has 0 amide bonds. The number of anilines is 7. The van der Waals surface area contributed by atoms with Crippen LogP contribution in [0.1, 0.15) is 107 Å². The molecule has 0 saturated heterocycles. The van der Waals surface area contributed by atoms with Crippen molar-refractivity contribution in [3.8, 4) is 0 Å². The molecular formula is C59H56BN3. The summed E-state index contributed by atoms with van der Waals surface area (Å²) in [5, 5.41) is 0. The highest BCUT2D eigenvalue weighted by Crippen LogP contribution is 2.67. The number of rotatable bonds is 3. The van der Waals surface area contributed by atoms with Gasteiger partial charge in [-0.3, -0.25) is 0 Å². The lowest BCUT2D eigenvalue weighted by atomic mass is 9.33. The van der Waals surface area contributed by atoms with Crippen molar-refractivity contribution in [3.05, 3.63) is 191 Å². The first-order valence-corrected chi connectivity index (χ1v) is 23.7. The first-order chi connectivity index (χ1) is 30.5. The Hall–Kier alpha value is -6.00. The maximum atomic E-state index is 2.91. The molecule has 2 aliphatic carbocycles. The quantitative estimate of drug-likeness (QED) is 0.164. The van der Waals surface area contributed by atoms with Crippen molar-refractivity contribution in [3.63, 3.8) is 0 Å². The Morgan fingerprint density at radius 2 is 1.21 bits per heavy atom. The van der Waals surface area contributed by atoms with E-state index in [4.69, 9.17) is 0 Å². The van der Waals surface area contributed by atoms with Crippen LogP contribution in [0.15, 0.2) is 158 Å². The van der Waals surface area contributed by atoms with Crippen molar-refractivity contribution in [2.45, 2.75) is 107 Å². The number of fused-ring (bicyclic) bond motifs is 12. The molecule has 4 atom stereocenters. The predicted molar refractivity (Wildman–Crippen MR) is 265 cm³/mol. The number of hydrogen-bond donors (Lipinski definition) is 0. The van der Waals surface area contributed by atoms with Crippen LogP contribution in [0.3, 0.4) is 0 Å². The summed E-state index contributed by atoms with van der Waals surface area (Å²) in [6.45, 7) is 15.0. The molecule has 0 N–H and O–H groups in total. The predicted octanol–water partition coefficient (Wildman–Crippen LogP) is 12.6. The Kier molecular flexibility index (Phi) is 7.50. The number of benzene rings is 7. The lowest BCUT2D eigenvalue weighted by molar-refractivity contribution is 0.215. The van der Waals surface area contributed by atoms with Crippen LogP contribution in [0.5, 0.6) is 0 Å². The number of hydrogen-bond acceptors (Lipinski definition) is 3. The molecule has 1 fully saturated rings. The topological polar surface area (TPSA) is 9.72 Å². The minimum absolute atomic E-state index is 0.0396. The van der Waals surface area contributed by atoms with Gasteiger partial charge in [0.15, 0.2) is 0 Å². The molecule has 7 aromatic rings. The van der Waals surface area contributed by atoms with E-state index in [1.54, 1.807) is 0 Å². The first kappa shape index (κ1) is 37.5. The molecule has 4 heteroatoms. The highest BCUT2D eigenvalue weighted by atomic mass is 15.3. The second-order valence-electron chi connectivity index (χ2n) is 21.3. The highest BCUT2D eigenvalue weighted by molar-refractivity contribution is 7.00. The average Bonchev–Trinajstić information content (AvgIpc) is 3.68. The summed E-state index contributed by atoms with van der Waals surface area (Å²) in [7, 11) is 0. The zero-order chi connectivity index (χ0) is 42.7. The molecule has 4 unspecified atom stereocenters. The van der Waals surface area contributed by atoms with Crippen LogP contribution in [0.4, 0.5) is 39.8 Å². The van der Waals surface area contributed by atoms with E-state index < -0.39 is 0 Å². The van der Waals surface area contributed by atoms with Gasteiger partial charge >= 0.3 is 0 Å². The molecule has 0 spiro atoms. The molecule has 1 saturated carbocycles. The van der Waals surface area contributed by atoms with Crippen molar-refractivity contribution in [2.24, 2.45) is 0 Å². The van der Waals surface area contributed by atoms with Crippen LogP contribution >= 0.6 is 0 Å². The van der Waals surface area contributed by atoms with Gasteiger partial charge in [0.2, 0.25) is 0 Å². The van der Waals surface area contributed by atoms with Crippen molar-refractivity contribution in [1.82, 2.24) is 0 Å². The molecule has 4 aliphatic heterocycles. The van der Waals surface area contributed by atoms with Crippen molar-refractivity contribution in [1.29, 1.82) is 0 Å². The second kappa shape index (κ2) is 12.6. The van der Waals surface area contributed by atoms with Gasteiger partial charge in [-0.05, 0) is 131 Å². The molecule has 0 radical (unpaired) electrons. The third-order valence-corrected chi connectivity index (χ3v) is 17.5. The van der Waals surface area contributed by atoms with Crippen LogP contribution in [0.2, 0.25) is 0 Å². The van der Waals surface area contributed by atoms with Gasteiger partial charge < -0.3 is 14.7 Å². The fourth-order valence-electron chi connectivity index (χ4n) is 14.4. The maximum Gasteiger partial charge on any atom is 0.252 e. The van der Waals surface area contributed by atoms with E-state index in [9.17, 15) is 0 Å². The van der Waals surface area contributed by atoms with Gasteiger partial charge in [-0.1, -0.05) is 162 Å². The third-order valence-electron chi connectivity index (χ3n) is 17.5. The average molecular weight is 818 g/mol.